The third kappa shape index (κ3) is 1.93. The summed E-state index contributed by atoms with van der Waals surface area (Å²) in [6.07, 6.45) is 1.18. The molecule has 9 heavy (non-hydrogen) atoms. The summed E-state index contributed by atoms with van der Waals surface area (Å²) >= 11 is 0. The lowest BCUT2D eigenvalue weighted by Crippen LogP contribution is -2.31. The molecule has 0 saturated carbocycles. The largest absolute Gasteiger partial charge is 0.394 e. The molecule has 2 atom stereocenters. The summed E-state index contributed by atoms with van der Waals surface area (Å²) in [5.74, 6) is 0. The monoisotopic (exact) mass is 132 g/mol. The van der Waals surface area contributed by atoms with Gasteiger partial charge in [0.25, 0.3) is 0 Å². The highest BCUT2D eigenvalue weighted by molar-refractivity contribution is 4.67. The van der Waals surface area contributed by atoms with Gasteiger partial charge in [0.15, 0.2) is 0 Å². The van der Waals surface area contributed by atoms with Crippen LogP contribution in [0.15, 0.2) is 0 Å². The minimum atomic E-state index is -0.312. The summed E-state index contributed by atoms with van der Waals surface area (Å²) in [5, 5.41) is 17.5. The van der Waals surface area contributed by atoms with Gasteiger partial charge in [-0.1, -0.05) is 0 Å². The van der Waals surface area contributed by atoms with Crippen LogP contribution in [0.25, 0.3) is 0 Å². The van der Waals surface area contributed by atoms with E-state index in [1.165, 1.54) is 0 Å². The fourth-order valence-corrected chi connectivity index (χ4v) is 0.936. The van der Waals surface area contributed by atoms with Crippen LogP contribution in [0, 0.1) is 0 Å². The molecule has 1 rings (SSSR count). The van der Waals surface area contributed by atoms with E-state index in [0.717, 1.165) is 12.8 Å². The molecule has 0 radical (unpaired) electrons. The van der Waals surface area contributed by atoms with Gasteiger partial charge in [-0.3, -0.25) is 0 Å². The van der Waals surface area contributed by atoms with Gasteiger partial charge in [0.1, 0.15) is 0 Å². The van der Waals surface area contributed by atoms with Crippen molar-refractivity contribution in [2.75, 3.05) is 13.2 Å². The van der Waals surface area contributed by atoms with E-state index in [9.17, 15) is 0 Å². The van der Waals surface area contributed by atoms with Crippen LogP contribution >= 0.6 is 0 Å². The minimum absolute atomic E-state index is 0.0339. The maximum absolute atomic E-state index is 8.92. The predicted octanol–water partition coefficient (Wildman–Crippen LogP) is -0.481. The van der Waals surface area contributed by atoms with Crippen LogP contribution in [0.2, 0.25) is 0 Å². The standard InChI is InChI=1S/C6H12O3/c7-3-6-2-1-5(8)4-9-6/h5-8H,1-4H2/t5-,6+/m0/s1. The van der Waals surface area contributed by atoms with Gasteiger partial charge >= 0.3 is 0 Å². The third-order valence-corrected chi connectivity index (χ3v) is 1.55. The van der Waals surface area contributed by atoms with Gasteiger partial charge in [-0.05, 0) is 12.8 Å². The van der Waals surface area contributed by atoms with Gasteiger partial charge < -0.3 is 14.9 Å². The van der Waals surface area contributed by atoms with Crippen LogP contribution in [0.4, 0.5) is 0 Å². The first-order valence-corrected chi connectivity index (χ1v) is 3.23. The van der Waals surface area contributed by atoms with E-state index in [1.807, 2.05) is 0 Å². The zero-order valence-corrected chi connectivity index (χ0v) is 5.29. The van der Waals surface area contributed by atoms with E-state index in [2.05, 4.69) is 0 Å². The third-order valence-electron chi connectivity index (χ3n) is 1.55. The normalized spacial score (nSPS) is 36.7. The first-order valence-electron chi connectivity index (χ1n) is 3.23. The lowest BCUT2D eigenvalue weighted by molar-refractivity contribution is -0.0733. The highest BCUT2D eigenvalue weighted by atomic mass is 16.5. The summed E-state index contributed by atoms with van der Waals surface area (Å²) in [6, 6.07) is 0. The molecular formula is C6H12O3. The highest BCUT2D eigenvalue weighted by Gasteiger charge is 2.18. The number of aliphatic hydroxyl groups excluding tert-OH is 2. The molecule has 0 aromatic rings. The van der Waals surface area contributed by atoms with Gasteiger partial charge in [0.2, 0.25) is 0 Å². The molecule has 0 aliphatic carbocycles. The quantitative estimate of drug-likeness (QED) is 0.506. The first kappa shape index (κ1) is 6.99. The molecule has 3 nitrogen and oxygen atoms in total. The first-order chi connectivity index (χ1) is 4.33. The zero-order valence-electron chi connectivity index (χ0n) is 5.29. The lowest BCUT2D eigenvalue weighted by Gasteiger charge is -2.24. The van der Waals surface area contributed by atoms with Crippen molar-refractivity contribution in [3.05, 3.63) is 0 Å². The molecule has 0 unspecified atom stereocenters. The Morgan fingerprint density at radius 2 is 2.22 bits per heavy atom. The fraction of sp³-hybridized carbons (Fsp3) is 1.00. The molecule has 0 bridgehead atoms. The van der Waals surface area contributed by atoms with Crippen molar-refractivity contribution < 1.29 is 14.9 Å². The molecule has 3 heteroatoms. The Bertz CT molecular complexity index is 76.4. The lowest BCUT2D eigenvalue weighted by atomic mass is 10.1. The van der Waals surface area contributed by atoms with Crippen LogP contribution in [-0.2, 0) is 4.74 Å². The molecular weight excluding hydrogens is 120 g/mol. The average molecular weight is 132 g/mol. The summed E-state index contributed by atoms with van der Waals surface area (Å²) < 4.78 is 5.04. The Balaban J connectivity index is 2.18. The van der Waals surface area contributed by atoms with Crippen LogP contribution < -0.4 is 0 Å². The molecule has 1 aliphatic rings. The van der Waals surface area contributed by atoms with Crippen LogP contribution in [-0.4, -0.2) is 35.6 Å². The molecule has 0 aromatic heterocycles. The Kier molecular flexibility index (Phi) is 2.45. The van der Waals surface area contributed by atoms with Crippen molar-refractivity contribution in [1.82, 2.24) is 0 Å². The smallest absolute Gasteiger partial charge is 0.0808 e. The minimum Gasteiger partial charge on any atom is -0.394 e. The van der Waals surface area contributed by atoms with E-state index >= 15 is 0 Å². The molecule has 1 aliphatic heterocycles. The average Bonchev–Trinajstić information content (AvgIpc) is 1.90. The van der Waals surface area contributed by atoms with Crippen molar-refractivity contribution in [1.29, 1.82) is 0 Å². The number of ether oxygens (including phenoxy) is 1. The predicted molar refractivity (Wildman–Crippen MR) is 32.1 cm³/mol. The van der Waals surface area contributed by atoms with E-state index in [-0.39, 0.29) is 18.8 Å². The SMILES string of the molecule is OC[C@H]1CC[C@H](O)CO1. The molecule has 0 aromatic carbocycles. The van der Waals surface area contributed by atoms with Crippen LogP contribution in [0.5, 0.6) is 0 Å². The van der Waals surface area contributed by atoms with E-state index in [0.29, 0.717) is 6.61 Å². The summed E-state index contributed by atoms with van der Waals surface area (Å²) in [7, 11) is 0. The van der Waals surface area contributed by atoms with Crippen LogP contribution in [0.3, 0.4) is 0 Å². The second-order valence-corrected chi connectivity index (χ2v) is 2.37. The maximum Gasteiger partial charge on any atom is 0.0808 e. The Morgan fingerprint density at radius 1 is 1.44 bits per heavy atom. The number of rotatable bonds is 1. The van der Waals surface area contributed by atoms with Crippen molar-refractivity contribution in [2.24, 2.45) is 0 Å². The molecule has 1 heterocycles. The molecule has 0 amide bonds. The maximum atomic E-state index is 8.92. The van der Waals surface area contributed by atoms with E-state index < -0.39 is 0 Å². The molecule has 0 spiro atoms. The topological polar surface area (TPSA) is 49.7 Å². The zero-order chi connectivity index (χ0) is 6.69. The number of hydrogen-bond donors (Lipinski definition) is 2. The Hall–Kier alpha value is -0.120. The fourth-order valence-electron chi connectivity index (χ4n) is 0.936. The second kappa shape index (κ2) is 3.15. The Labute approximate surface area is 54.3 Å². The van der Waals surface area contributed by atoms with E-state index in [1.54, 1.807) is 0 Å². The highest BCUT2D eigenvalue weighted by Crippen LogP contribution is 2.11. The molecule has 1 saturated heterocycles. The summed E-state index contributed by atoms with van der Waals surface area (Å²) in [6.45, 7) is 0.456. The van der Waals surface area contributed by atoms with Gasteiger partial charge in [0.05, 0.1) is 25.4 Å². The van der Waals surface area contributed by atoms with E-state index in [4.69, 9.17) is 14.9 Å². The Morgan fingerprint density at radius 3 is 2.67 bits per heavy atom. The second-order valence-electron chi connectivity index (χ2n) is 2.37. The van der Waals surface area contributed by atoms with Gasteiger partial charge in [-0.2, -0.15) is 0 Å². The van der Waals surface area contributed by atoms with Gasteiger partial charge in [-0.15, -0.1) is 0 Å². The van der Waals surface area contributed by atoms with Gasteiger partial charge in [0, 0.05) is 0 Å². The number of aliphatic hydroxyl groups is 2. The number of hydrogen-bond acceptors (Lipinski definition) is 3. The van der Waals surface area contributed by atoms with Crippen molar-refractivity contribution in [3.63, 3.8) is 0 Å². The molecule has 2 N–H and O–H groups in total. The summed E-state index contributed by atoms with van der Waals surface area (Å²) in [4.78, 5) is 0. The molecule has 54 valence electrons. The van der Waals surface area contributed by atoms with Crippen molar-refractivity contribution in [3.8, 4) is 0 Å². The molecule has 1 fully saturated rings. The van der Waals surface area contributed by atoms with Gasteiger partial charge in [-0.25, -0.2) is 0 Å². The van der Waals surface area contributed by atoms with Crippen LogP contribution in [0.1, 0.15) is 12.8 Å². The van der Waals surface area contributed by atoms with Crippen molar-refractivity contribution in [2.45, 2.75) is 25.0 Å². The summed E-state index contributed by atoms with van der Waals surface area (Å²) in [5.41, 5.74) is 0. The van der Waals surface area contributed by atoms with Crippen molar-refractivity contribution >= 4 is 0 Å².